The third-order valence-corrected chi connectivity index (χ3v) is 6.37. The molecule has 1 aromatic carbocycles. The Bertz CT molecular complexity index is 1050. The monoisotopic (exact) mass is 375 g/mol. The first-order chi connectivity index (χ1) is 12.5. The summed E-state index contributed by atoms with van der Waals surface area (Å²) in [6.07, 6.45) is 5.07. The van der Waals surface area contributed by atoms with Crippen LogP contribution in [0.2, 0.25) is 0 Å². The number of hydrogen-bond acceptors (Lipinski definition) is 3. The van der Waals surface area contributed by atoms with Crippen molar-refractivity contribution in [2.45, 2.75) is 17.5 Å². The number of nitrogens with zero attached hydrogens (tertiary/aromatic N) is 3. The zero-order valence-electron chi connectivity index (χ0n) is 13.6. The molecule has 0 fully saturated rings. The van der Waals surface area contributed by atoms with Gasteiger partial charge in [0, 0.05) is 43.4 Å². The number of aromatic nitrogens is 2. The molecule has 0 amide bonds. The molecule has 4 rings (SSSR count). The van der Waals surface area contributed by atoms with Gasteiger partial charge >= 0.3 is 0 Å². The largest absolute Gasteiger partial charge is 0.348 e. The molecule has 0 saturated carbocycles. The smallest absolute Gasteiger partial charge is 0.246 e. The van der Waals surface area contributed by atoms with Crippen molar-refractivity contribution in [2.24, 2.45) is 0 Å². The van der Waals surface area contributed by atoms with Crippen LogP contribution >= 0.6 is 0 Å². The van der Waals surface area contributed by atoms with Gasteiger partial charge in [-0.3, -0.25) is 4.98 Å². The van der Waals surface area contributed by atoms with Crippen LogP contribution in [0, 0.1) is 11.6 Å². The van der Waals surface area contributed by atoms with E-state index in [4.69, 9.17) is 0 Å². The number of fused-ring (bicyclic) bond motifs is 1. The van der Waals surface area contributed by atoms with E-state index in [0.29, 0.717) is 18.2 Å². The summed E-state index contributed by atoms with van der Waals surface area (Å²) in [6.45, 7) is 0.613. The van der Waals surface area contributed by atoms with E-state index in [2.05, 4.69) is 4.98 Å². The van der Waals surface area contributed by atoms with Crippen LogP contribution in [-0.4, -0.2) is 28.8 Å². The number of hydrogen-bond donors (Lipinski definition) is 0. The second-order valence-electron chi connectivity index (χ2n) is 6.01. The maximum atomic E-state index is 14.2. The predicted molar refractivity (Wildman–Crippen MR) is 90.8 cm³/mol. The lowest BCUT2D eigenvalue weighted by molar-refractivity contribution is 0.297. The third-order valence-electron chi connectivity index (χ3n) is 4.47. The zero-order chi connectivity index (χ0) is 18.3. The standard InChI is InChI=1S/C18H15F2N3O2S/c19-14-5-6-17(15(20)11-14)26(24,25)23-10-9-22-8-2-4-16(22)18(23)13-3-1-7-21-12-13/h1-8,11-12,18H,9-10H2. The maximum Gasteiger partial charge on any atom is 0.246 e. The van der Waals surface area contributed by atoms with Crippen LogP contribution < -0.4 is 0 Å². The zero-order valence-corrected chi connectivity index (χ0v) is 14.4. The highest BCUT2D eigenvalue weighted by molar-refractivity contribution is 7.89. The van der Waals surface area contributed by atoms with Crippen molar-refractivity contribution in [3.63, 3.8) is 0 Å². The van der Waals surface area contributed by atoms with Crippen molar-refractivity contribution in [1.82, 2.24) is 13.9 Å². The van der Waals surface area contributed by atoms with E-state index in [1.54, 1.807) is 24.5 Å². The van der Waals surface area contributed by atoms with Gasteiger partial charge in [-0.2, -0.15) is 4.31 Å². The second-order valence-corrected chi connectivity index (χ2v) is 7.86. The van der Waals surface area contributed by atoms with Gasteiger partial charge in [-0.25, -0.2) is 17.2 Å². The average Bonchev–Trinajstić information content (AvgIpc) is 3.10. The van der Waals surface area contributed by atoms with Crippen LogP contribution in [0.15, 0.2) is 66.0 Å². The molecule has 0 spiro atoms. The van der Waals surface area contributed by atoms with Gasteiger partial charge in [-0.1, -0.05) is 6.07 Å². The first-order valence-corrected chi connectivity index (χ1v) is 9.44. The molecule has 134 valence electrons. The Kier molecular flexibility index (Phi) is 4.08. The van der Waals surface area contributed by atoms with E-state index in [-0.39, 0.29) is 6.54 Å². The minimum atomic E-state index is -4.18. The molecule has 1 aliphatic heterocycles. The molecule has 3 heterocycles. The van der Waals surface area contributed by atoms with Gasteiger partial charge in [0.15, 0.2) is 0 Å². The van der Waals surface area contributed by atoms with Crippen molar-refractivity contribution in [3.8, 4) is 0 Å². The Morgan fingerprint density at radius 1 is 1.08 bits per heavy atom. The highest BCUT2D eigenvalue weighted by Gasteiger charge is 2.38. The van der Waals surface area contributed by atoms with E-state index in [9.17, 15) is 17.2 Å². The number of sulfonamides is 1. The van der Waals surface area contributed by atoms with Gasteiger partial charge in [0.2, 0.25) is 10.0 Å². The molecule has 1 atom stereocenters. The van der Waals surface area contributed by atoms with E-state index >= 15 is 0 Å². The first kappa shape index (κ1) is 16.9. The summed E-state index contributed by atoms with van der Waals surface area (Å²) in [5.41, 5.74) is 1.45. The van der Waals surface area contributed by atoms with Crippen molar-refractivity contribution in [1.29, 1.82) is 0 Å². The summed E-state index contributed by atoms with van der Waals surface area (Å²) in [5, 5.41) is 0. The SMILES string of the molecule is O=S(=O)(c1ccc(F)cc1F)N1CCn2cccc2C1c1cccnc1. The Hall–Kier alpha value is -2.58. The fourth-order valence-electron chi connectivity index (χ4n) is 3.31. The van der Waals surface area contributed by atoms with Gasteiger partial charge < -0.3 is 4.57 Å². The Balaban J connectivity index is 1.86. The summed E-state index contributed by atoms with van der Waals surface area (Å²) < 4.78 is 57.0. The lowest BCUT2D eigenvalue weighted by atomic mass is 10.0. The first-order valence-electron chi connectivity index (χ1n) is 8.00. The molecule has 1 unspecified atom stereocenters. The van der Waals surface area contributed by atoms with E-state index in [1.807, 2.05) is 22.9 Å². The lowest BCUT2D eigenvalue weighted by Gasteiger charge is -2.36. The molecule has 0 saturated heterocycles. The molecule has 0 N–H and O–H groups in total. The van der Waals surface area contributed by atoms with E-state index in [0.717, 1.165) is 17.8 Å². The highest BCUT2D eigenvalue weighted by atomic mass is 32.2. The molecule has 2 aromatic heterocycles. The van der Waals surface area contributed by atoms with Crippen LogP contribution in [0.3, 0.4) is 0 Å². The summed E-state index contributed by atoms with van der Waals surface area (Å²) in [6, 6.07) is 9.04. The quantitative estimate of drug-likeness (QED) is 0.707. The summed E-state index contributed by atoms with van der Waals surface area (Å²) >= 11 is 0. The predicted octanol–water partition coefficient (Wildman–Crippen LogP) is 2.96. The van der Waals surface area contributed by atoms with Gasteiger partial charge in [0.1, 0.15) is 16.5 Å². The van der Waals surface area contributed by atoms with Crippen LogP contribution in [0.4, 0.5) is 8.78 Å². The molecule has 1 aliphatic rings. The minimum Gasteiger partial charge on any atom is -0.348 e. The van der Waals surface area contributed by atoms with Crippen LogP contribution in [0.1, 0.15) is 17.3 Å². The molecule has 26 heavy (non-hydrogen) atoms. The normalized spacial score (nSPS) is 17.8. The summed E-state index contributed by atoms with van der Waals surface area (Å²) in [4.78, 5) is 3.55. The van der Waals surface area contributed by atoms with Gasteiger partial charge in [0.25, 0.3) is 0 Å². The topological polar surface area (TPSA) is 55.2 Å². The van der Waals surface area contributed by atoms with E-state index in [1.165, 1.54) is 4.31 Å². The molecule has 0 aliphatic carbocycles. The number of pyridine rings is 1. The lowest BCUT2D eigenvalue weighted by Crippen LogP contribution is -2.42. The summed E-state index contributed by atoms with van der Waals surface area (Å²) in [7, 11) is -4.18. The Labute approximate surface area is 149 Å². The van der Waals surface area contributed by atoms with Crippen LogP contribution in [0.5, 0.6) is 0 Å². The van der Waals surface area contributed by atoms with Crippen molar-refractivity contribution < 1.29 is 17.2 Å². The van der Waals surface area contributed by atoms with Gasteiger partial charge in [-0.15, -0.1) is 0 Å². The maximum absolute atomic E-state index is 14.2. The Morgan fingerprint density at radius 2 is 1.92 bits per heavy atom. The van der Waals surface area contributed by atoms with E-state index < -0.39 is 32.6 Å². The molecular formula is C18H15F2N3O2S. The molecule has 0 radical (unpaired) electrons. The Morgan fingerprint density at radius 3 is 2.65 bits per heavy atom. The van der Waals surface area contributed by atoms with Crippen LogP contribution in [-0.2, 0) is 16.6 Å². The second kappa shape index (κ2) is 6.30. The van der Waals surface area contributed by atoms with Crippen molar-refractivity contribution >= 4 is 10.0 Å². The molecule has 8 heteroatoms. The number of rotatable bonds is 3. The molecule has 0 bridgehead atoms. The number of halogens is 2. The van der Waals surface area contributed by atoms with Gasteiger partial charge in [0.05, 0.1) is 6.04 Å². The fraction of sp³-hybridized carbons (Fsp3) is 0.167. The summed E-state index contributed by atoms with van der Waals surface area (Å²) in [5.74, 6) is -1.92. The van der Waals surface area contributed by atoms with Gasteiger partial charge in [-0.05, 0) is 35.9 Å². The molecule has 3 aromatic rings. The third kappa shape index (κ3) is 2.71. The fourth-order valence-corrected chi connectivity index (χ4v) is 4.93. The molecular weight excluding hydrogens is 360 g/mol. The molecule has 5 nitrogen and oxygen atoms in total. The minimum absolute atomic E-state index is 0.167. The average molecular weight is 375 g/mol. The van der Waals surface area contributed by atoms with Crippen LogP contribution in [0.25, 0.3) is 0 Å². The van der Waals surface area contributed by atoms with Crippen molar-refractivity contribution in [2.75, 3.05) is 6.54 Å². The number of benzene rings is 1. The van der Waals surface area contributed by atoms with Crippen molar-refractivity contribution in [3.05, 3.63) is 83.9 Å². The highest BCUT2D eigenvalue weighted by Crippen LogP contribution is 2.36.